The highest BCUT2D eigenvalue weighted by atomic mass is 35.5. The molecule has 0 spiro atoms. The predicted molar refractivity (Wildman–Crippen MR) is 75.5 cm³/mol. The van der Waals surface area contributed by atoms with E-state index in [2.05, 4.69) is 18.8 Å². The second-order valence-corrected chi connectivity index (χ2v) is 7.56. The fraction of sp³-hybridized carbons (Fsp3) is 0.615. The van der Waals surface area contributed by atoms with E-state index < -0.39 is 10.0 Å². The third kappa shape index (κ3) is 3.27. The number of halogens is 1. The third-order valence-electron chi connectivity index (χ3n) is 3.39. The van der Waals surface area contributed by atoms with E-state index in [1.807, 2.05) is 0 Å². The van der Waals surface area contributed by atoms with Gasteiger partial charge in [-0.05, 0) is 29.9 Å². The van der Waals surface area contributed by atoms with Crippen molar-refractivity contribution in [3.8, 4) is 0 Å². The largest absolute Gasteiger partial charge is 0.260 e. The average Bonchev–Trinajstić information content (AvgIpc) is 2.37. The van der Waals surface area contributed by atoms with Gasteiger partial charge in [0.1, 0.15) is 0 Å². The lowest BCUT2D eigenvalue weighted by Crippen LogP contribution is -2.42. The maximum absolute atomic E-state index is 12.5. The minimum atomic E-state index is -3.47. The number of alkyl halides is 1. The van der Waals surface area contributed by atoms with Gasteiger partial charge in [-0.15, -0.1) is 11.6 Å². The van der Waals surface area contributed by atoms with Crippen molar-refractivity contribution in [1.29, 1.82) is 0 Å². The molecule has 1 aromatic heterocycles. The first-order valence-corrected chi connectivity index (χ1v) is 8.42. The average molecular weight is 303 g/mol. The van der Waals surface area contributed by atoms with Gasteiger partial charge in [0, 0.05) is 25.2 Å². The van der Waals surface area contributed by atoms with Crippen molar-refractivity contribution in [3.05, 3.63) is 23.9 Å². The summed E-state index contributed by atoms with van der Waals surface area (Å²) >= 11 is 5.68. The van der Waals surface area contributed by atoms with Crippen LogP contribution in [0.2, 0.25) is 0 Å². The number of pyridine rings is 1. The van der Waals surface area contributed by atoms with Crippen LogP contribution in [0.25, 0.3) is 0 Å². The Labute approximate surface area is 119 Å². The van der Waals surface area contributed by atoms with Gasteiger partial charge in [-0.3, -0.25) is 0 Å². The molecule has 1 fully saturated rings. The van der Waals surface area contributed by atoms with Crippen LogP contribution in [-0.4, -0.2) is 30.8 Å². The van der Waals surface area contributed by atoms with E-state index in [0.717, 1.165) is 12.0 Å². The van der Waals surface area contributed by atoms with Gasteiger partial charge in [0.2, 0.25) is 0 Å². The molecular formula is C13H19ClN2O2S. The Morgan fingerprint density at radius 3 is 2.42 bits per heavy atom. The third-order valence-corrected chi connectivity index (χ3v) is 5.45. The molecule has 0 N–H and O–H groups in total. The molecule has 2 unspecified atom stereocenters. The lowest BCUT2D eigenvalue weighted by atomic mass is 9.94. The van der Waals surface area contributed by atoms with E-state index in [1.165, 1.54) is 12.3 Å². The van der Waals surface area contributed by atoms with E-state index in [1.54, 1.807) is 10.4 Å². The van der Waals surface area contributed by atoms with E-state index in [0.29, 0.717) is 30.8 Å². The molecule has 0 amide bonds. The molecule has 6 heteroatoms. The van der Waals surface area contributed by atoms with Crippen LogP contribution in [-0.2, 0) is 15.9 Å². The Morgan fingerprint density at radius 2 is 1.95 bits per heavy atom. The molecule has 1 saturated heterocycles. The number of rotatable bonds is 3. The van der Waals surface area contributed by atoms with Crippen LogP contribution in [0.5, 0.6) is 0 Å². The highest BCUT2D eigenvalue weighted by Gasteiger charge is 2.32. The Balaban J connectivity index is 2.25. The summed E-state index contributed by atoms with van der Waals surface area (Å²) in [6.45, 7) is 5.32. The minimum Gasteiger partial charge on any atom is -0.243 e. The van der Waals surface area contributed by atoms with Crippen molar-refractivity contribution in [2.75, 3.05) is 13.1 Å². The molecule has 2 rings (SSSR count). The number of sulfonamides is 1. The summed E-state index contributed by atoms with van der Waals surface area (Å²) in [5.74, 6) is 1.12. The van der Waals surface area contributed by atoms with Crippen molar-refractivity contribution in [1.82, 2.24) is 9.29 Å². The molecule has 1 aliphatic heterocycles. The molecule has 0 saturated carbocycles. The maximum Gasteiger partial charge on any atom is 0.260 e. The summed E-state index contributed by atoms with van der Waals surface area (Å²) in [6, 6.07) is 3.25. The zero-order valence-corrected chi connectivity index (χ0v) is 12.8. The van der Waals surface area contributed by atoms with Crippen LogP contribution in [0.4, 0.5) is 0 Å². The SMILES string of the molecule is CC1CC(C)CN(S(=O)(=O)c2ccc(CCl)cn2)C1. The van der Waals surface area contributed by atoms with E-state index in [-0.39, 0.29) is 5.03 Å². The molecule has 0 aliphatic carbocycles. The second kappa shape index (κ2) is 5.77. The highest BCUT2D eigenvalue weighted by Crippen LogP contribution is 2.25. The first-order valence-electron chi connectivity index (χ1n) is 6.44. The van der Waals surface area contributed by atoms with Gasteiger partial charge >= 0.3 is 0 Å². The van der Waals surface area contributed by atoms with Crippen molar-refractivity contribution in [2.45, 2.75) is 31.2 Å². The molecule has 0 bridgehead atoms. The zero-order chi connectivity index (χ0) is 14.0. The fourth-order valence-electron chi connectivity index (χ4n) is 2.58. The molecule has 2 atom stereocenters. The maximum atomic E-state index is 12.5. The minimum absolute atomic E-state index is 0.114. The van der Waals surface area contributed by atoms with Gasteiger partial charge in [-0.25, -0.2) is 13.4 Å². The van der Waals surface area contributed by atoms with E-state index >= 15 is 0 Å². The number of piperidine rings is 1. The quantitative estimate of drug-likeness (QED) is 0.806. The second-order valence-electron chi connectivity index (χ2n) is 5.41. The monoisotopic (exact) mass is 302 g/mol. The van der Waals surface area contributed by atoms with Crippen LogP contribution in [0.1, 0.15) is 25.8 Å². The van der Waals surface area contributed by atoms with Crippen molar-refractivity contribution in [2.24, 2.45) is 11.8 Å². The Morgan fingerprint density at radius 1 is 1.32 bits per heavy atom. The van der Waals surface area contributed by atoms with Crippen LogP contribution in [0.15, 0.2) is 23.4 Å². The zero-order valence-electron chi connectivity index (χ0n) is 11.2. The summed E-state index contributed by atoms with van der Waals surface area (Å²) in [6.07, 6.45) is 2.60. The van der Waals surface area contributed by atoms with Gasteiger partial charge in [0.05, 0.1) is 0 Å². The van der Waals surface area contributed by atoms with Gasteiger partial charge in [-0.2, -0.15) is 4.31 Å². The fourth-order valence-corrected chi connectivity index (χ4v) is 4.33. The van der Waals surface area contributed by atoms with E-state index in [9.17, 15) is 8.42 Å². The first kappa shape index (κ1) is 14.8. The number of aromatic nitrogens is 1. The molecule has 0 aromatic carbocycles. The standard InChI is InChI=1S/C13H19ClN2O2S/c1-10-5-11(2)9-16(8-10)19(17,18)13-4-3-12(6-14)7-15-13/h3-4,7,10-11H,5-6,8-9H2,1-2H3. The summed E-state index contributed by atoms with van der Waals surface area (Å²) in [5, 5.41) is 0.114. The van der Waals surface area contributed by atoms with Crippen molar-refractivity contribution in [3.63, 3.8) is 0 Å². The molecule has 1 aliphatic rings. The number of hydrogen-bond donors (Lipinski definition) is 0. The molecule has 4 nitrogen and oxygen atoms in total. The molecule has 2 heterocycles. The van der Waals surface area contributed by atoms with Gasteiger partial charge in [0.25, 0.3) is 10.0 Å². The number of nitrogens with zero attached hydrogens (tertiary/aromatic N) is 2. The van der Waals surface area contributed by atoms with Crippen LogP contribution in [0.3, 0.4) is 0 Å². The van der Waals surface area contributed by atoms with Crippen molar-refractivity contribution >= 4 is 21.6 Å². The van der Waals surface area contributed by atoms with Crippen LogP contribution < -0.4 is 0 Å². The topological polar surface area (TPSA) is 50.3 Å². The normalized spacial score (nSPS) is 25.4. The summed E-state index contributed by atoms with van der Waals surface area (Å²) in [7, 11) is -3.47. The molecule has 1 aromatic rings. The van der Waals surface area contributed by atoms with Gasteiger partial charge in [0.15, 0.2) is 5.03 Å². The Bertz CT molecular complexity index is 520. The first-order chi connectivity index (χ1) is 8.93. The summed E-state index contributed by atoms with van der Waals surface area (Å²) < 4.78 is 26.6. The predicted octanol–water partition coefficient (Wildman–Crippen LogP) is 2.49. The van der Waals surface area contributed by atoms with Crippen LogP contribution in [0, 0.1) is 11.8 Å². The summed E-state index contributed by atoms with van der Waals surface area (Å²) in [4.78, 5) is 4.03. The van der Waals surface area contributed by atoms with Gasteiger partial charge in [-0.1, -0.05) is 19.9 Å². The number of hydrogen-bond acceptors (Lipinski definition) is 3. The molecule has 106 valence electrons. The molecular weight excluding hydrogens is 284 g/mol. The van der Waals surface area contributed by atoms with E-state index in [4.69, 9.17) is 11.6 Å². The lowest BCUT2D eigenvalue weighted by molar-refractivity contribution is 0.222. The molecule has 0 radical (unpaired) electrons. The van der Waals surface area contributed by atoms with Gasteiger partial charge < -0.3 is 0 Å². The lowest BCUT2D eigenvalue weighted by Gasteiger charge is -2.33. The van der Waals surface area contributed by atoms with Crippen molar-refractivity contribution < 1.29 is 8.42 Å². The smallest absolute Gasteiger partial charge is 0.243 e. The van der Waals surface area contributed by atoms with Crippen LogP contribution >= 0.6 is 11.6 Å². The molecule has 19 heavy (non-hydrogen) atoms. The highest BCUT2D eigenvalue weighted by molar-refractivity contribution is 7.89. The Hall–Kier alpha value is -0.650. The Kier molecular flexibility index (Phi) is 4.48. The summed E-state index contributed by atoms with van der Waals surface area (Å²) in [5.41, 5.74) is 0.820.